The molecule has 1 fully saturated rings. The number of sulfonamides is 1. The van der Waals surface area contributed by atoms with E-state index in [1.165, 1.54) is 10.4 Å². The molecule has 0 radical (unpaired) electrons. The molecule has 0 unspecified atom stereocenters. The Morgan fingerprint density at radius 2 is 1.67 bits per heavy atom. The van der Waals surface area contributed by atoms with Crippen LogP contribution >= 0.6 is 0 Å². The lowest BCUT2D eigenvalue weighted by atomic mass is 10.1. The Balaban J connectivity index is 1.72. The maximum atomic E-state index is 14.4. The minimum Gasteiger partial charge on any atom is -0.367 e. The number of carbonyl (C=O) groups excluding carboxylic acids is 1. The van der Waals surface area contributed by atoms with E-state index in [9.17, 15) is 17.6 Å². The van der Waals surface area contributed by atoms with E-state index in [0.29, 0.717) is 30.8 Å². The topological polar surface area (TPSA) is 57.7 Å². The number of hydrogen-bond donors (Lipinski definition) is 0. The monoisotopic (exact) mass is 390 g/mol. The zero-order valence-electron chi connectivity index (χ0n) is 15.5. The molecule has 7 heteroatoms. The van der Waals surface area contributed by atoms with Gasteiger partial charge in [-0.25, -0.2) is 12.8 Å². The van der Waals surface area contributed by atoms with Crippen LogP contribution in [0, 0.1) is 12.7 Å². The lowest BCUT2D eigenvalue weighted by Gasteiger charge is -2.35. The minimum atomic E-state index is -3.55. The number of ketones is 1. The van der Waals surface area contributed by atoms with Gasteiger partial charge in [-0.05, 0) is 37.3 Å². The van der Waals surface area contributed by atoms with Gasteiger partial charge in [0.05, 0.1) is 10.6 Å². The molecule has 0 atom stereocenters. The fourth-order valence-electron chi connectivity index (χ4n) is 3.17. The smallest absolute Gasteiger partial charge is 0.243 e. The standard InChI is InChI=1S/C20H23FN2O3S/c1-3-20(24)16-6-9-19(18(21)14-16)22-10-12-23(13-11-22)27(25,26)17-7-4-15(2)5-8-17/h4-9,14H,3,10-13H2,1-2H3. The van der Waals surface area contributed by atoms with Gasteiger partial charge in [-0.1, -0.05) is 24.6 Å². The van der Waals surface area contributed by atoms with Crippen LogP contribution in [0.3, 0.4) is 0 Å². The van der Waals surface area contributed by atoms with Crippen LogP contribution in [0.25, 0.3) is 0 Å². The SMILES string of the molecule is CCC(=O)c1ccc(N2CCN(S(=O)(=O)c3ccc(C)cc3)CC2)c(F)c1. The fraction of sp³-hybridized carbons (Fsp3) is 0.350. The molecule has 0 saturated carbocycles. The molecule has 5 nitrogen and oxygen atoms in total. The Bertz CT molecular complexity index is 934. The summed E-state index contributed by atoms with van der Waals surface area (Å²) in [6.07, 6.45) is 0.328. The van der Waals surface area contributed by atoms with Crippen molar-refractivity contribution < 1.29 is 17.6 Å². The molecule has 144 valence electrons. The van der Waals surface area contributed by atoms with Gasteiger partial charge in [0.15, 0.2) is 5.78 Å². The predicted molar refractivity (Wildman–Crippen MR) is 103 cm³/mol. The second-order valence-electron chi connectivity index (χ2n) is 6.65. The molecule has 2 aromatic carbocycles. The highest BCUT2D eigenvalue weighted by Crippen LogP contribution is 2.25. The molecule has 1 aliphatic rings. The number of rotatable bonds is 5. The first-order valence-electron chi connectivity index (χ1n) is 8.97. The summed E-state index contributed by atoms with van der Waals surface area (Å²) in [6, 6.07) is 11.3. The van der Waals surface area contributed by atoms with Gasteiger partial charge in [-0.15, -0.1) is 0 Å². The van der Waals surface area contributed by atoms with Crippen molar-refractivity contribution in [2.75, 3.05) is 31.1 Å². The van der Waals surface area contributed by atoms with Gasteiger partial charge in [0.25, 0.3) is 0 Å². The number of aryl methyl sites for hydroxylation is 1. The van der Waals surface area contributed by atoms with Crippen molar-refractivity contribution in [3.05, 3.63) is 59.4 Å². The molecule has 0 aliphatic carbocycles. The van der Waals surface area contributed by atoms with E-state index in [1.54, 1.807) is 43.3 Å². The predicted octanol–water partition coefficient (Wildman–Crippen LogP) is 3.24. The van der Waals surface area contributed by atoms with Crippen molar-refractivity contribution in [3.63, 3.8) is 0 Å². The Hall–Kier alpha value is -2.25. The van der Waals surface area contributed by atoms with Crippen LogP contribution in [0.1, 0.15) is 29.3 Å². The van der Waals surface area contributed by atoms with Gasteiger partial charge in [-0.2, -0.15) is 4.31 Å². The highest BCUT2D eigenvalue weighted by Gasteiger charge is 2.29. The fourth-order valence-corrected chi connectivity index (χ4v) is 4.59. The van der Waals surface area contributed by atoms with Crippen LogP contribution in [-0.4, -0.2) is 44.7 Å². The average Bonchev–Trinajstić information content (AvgIpc) is 2.67. The number of halogens is 1. The molecule has 0 N–H and O–H groups in total. The maximum Gasteiger partial charge on any atom is 0.243 e. The number of carbonyl (C=O) groups is 1. The average molecular weight is 390 g/mol. The first-order chi connectivity index (χ1) is 12.8. The number of Topliss-reactive ketones (excluding diaryl/α,β-unsaturated/α-hetero) is 1. The summed E-state index contributed by atoms with van der Waals surface area (Å²) in [4.78, 5) is 13.8. The lowest BCUT2D eigenvalue weighted by molar-refractivity contribution is 0.0987. The van der Waals surface area contributed by atoms with Crippen LogP contribution in [0.5, 0.6) is 0 Å². The summed E-state index contributed by atoms with van der Waals surface area (Å²) in [5, 5.41) is 0. The molecule has 1 saturated heterocycles. The van der Waals surface area contributed by atoms with Crippen LogP contribution < -0.4 is 4.90 Å². The van der Waals surface area contributed by atoms with Crippen molar-refractivity contribution in [1.29, 1.82) is 0 Å². The van der Waals surface area contributed by atoms with Crippen LogP contribution in [0.15, 0.2) is 47.4 Å². The highest BCUT2D eigenvalue weighted by molar-refractivity contribution is 7.89. The molecule has 27 heavy (non-hydrogen) atoms. The number of benzene rings is 2. The number of hydrogen-bond acceptors (Lipinski definition) is 4. The zero-order valence-corrected chi connectivity index (χ0v) is 16.3. The molecule has 3 rings (SSSR count). The van der Waals surface area contributed by atoms with E-state index in [1.807, 2.05) is 11.8 Å². The summed E-state index contributed by atoms with van der Waals surface area (Å²) in [7, 11) is -3.55. The summed E-state index contributed by atoms with van der Waals surface area (Å²) in [6.45, 7) is 4.99. The maximum absolute atomic E-state index is 14.4. The zero-order chi connectivity index (χ0) is 19.6. The molecule has 0 bridgehead atoms. The van der Waals surface area contributed by atoms with Crippen LogP contribution in [-0.2, 0) is 10.0 Å². The van der Waals surface area contributed by atoms with Gasteiger partial charge in [0.2, 0.25) is 10.0 Å². The molecular weight excluding hydrogens is 367 g/mol. The first kappa shape index (κ1) is 19.5. The van der Waals surface area contributed by atoms with E-state index < -0.39 is 15.8 Å². The van der Waals surface area contributed by atoms with E-state index in [2.05, 4.69) is 0 Å². The van der Waals surface area contributed by atoms with Crippen molar-refractivity contribution in [1.82, 2.24) is 4.31 Å². The highest BCUT2D eigenvalue weighted by atomic mass is 32.2. The molecule has 2 aromatic rings. The summed E-state index contributed by atoms with van der Waals surface area (Å²) >= 11 is 0. The van der Waals surface area contributed by atoms with Gasteiger partial charge in [0, 0.05) is 38.2 Å². The van der Waals surface area contributed by atoms with Gasteiger partial charge >= 0.3 is 0 Å². The summed E-state index contributed by atoms with van der Waals surface area (Å²) in [5.74, 6) is -0.557. The molecular formula is C20H23FN2O3S. The summed E-state index contributed by atoms with van der Waals surface area (Å²) < 4.78 is 41.4. The van der Waals surface area contributed by atoms with E-state index in [-0.39, 0.29) is 23.8 Å². The summed E-state index contributed by atoms with van der Waals surface area (Å²) in [5.41, 5.74) is 1.76. The molecule has 0 aromatic heterocycles. The van der Waals surface area contributed by atoms with Gasteiger partial charge < -0.3 is 4.90 Å². The van der Waals surface area contributed by atoms with Crippen molar-refractivity contribution >= 4 is 21.5 Å². The Labute approximate surface area is 159 Å². The number of nitrogens with zero attached hydrogens (tertiary/aromatic N) is 2. The first-order valence-corrected chi connectivity index (χ1v) is 10.4. The van der Waals surface area contributed by atoms with Crippen molar-refractivity contribution in [3.8, 4) is 0 Å². The van der Waals surface area contributed by atoms with E-state index >= 15 is 0 Å². The largest absolute Gasteiger partial charge is 0.367 e. The van der Waals surface area contributed by atoms with E-state index in [0.717, 1.165) is 5.56 Å². The number of piperazine rings is 1. The Morgan fingerprint density at radius 3 is 2.22 bits per heavy atom. The second kappa shape index (κ2) is 7.78. The van der Waals surface area contributed by atoms with Crippen LogP contribution in [0.4, 0.5) is 10.1 Å². The minimum absolute atomic E-state index is 0.102. The molecule has 0 amide bonds. The second-order valence-corrected chi connectivity index (χ2v) is 8.59. The Morgan fingerprint density at radius 1 is 1.04 bits per heavy atom. The van der Waals surface area contributed by atoms with E-state index in [4.69, 9.17) is 0 Å². The van der Waals surface area contributed by atoms with Crippen LogP contribution in [0.2, 0.25) is 0 Å². The molecule has 1 aliphatic heterocycles. The Kier molecular flexibility index (Phi) is 5.62. The van der Waals surface area contributed by atoms with Gasteiger partial charge in [0.1, 0.15) is 5.82 Å². The van der Waals surface area contributed by atoms with Gasteiger partial charge in [-0.3, -0.25) is 4.79 Å². The van der Waals surface area contributed by atoms with Crippen molar-refractivity contribution in [2.24, 2.45) is 0 Å². The third-order valence-electron chi connectivity index (χ3n) is 4.83. The third kappa shape index (κ3) is 4.04. The lowest BCUT2D eigenvalue weighted by Crippen LogP contribution is -2.48. The number of anilines is 1. The van der Waals surface area contributed by atoms with Crippen molar-refractivity contribution in [2.45, 2.75) is 25.2 Å². The third-order valence-corrected chi connectivity index (χ3v) is 6.74. The molecule has 1 heterocycles. The normalized spacial score (nSPS) is 15.7. The molecule has 0 spiro atoms. The quantitative estimate of drug-likeness (QED) is 0.736.